The highest BCUT2D eigenvalue weighted by Gasteiger charge is 2.33. The molecule has 0 spiro atoms. The van der Waals surface area contributed by atoms with Gasteiger partial charge in [0.15, 0.2) is 17.5 Å². The highest BCUT2D eigenvalue weighted by molar-refractivity contribution is 6.30. The Morgan fingerprint density at radius 1 is 1.06 bits per heavy atom. The van der Waals surface area contributed by atoms with Crippen LogP contribution in [0.1, 0.15) is 21.6 Å². The number of amides is 1. The summed E-state index contributed by atoms with van der Waals surface area (Å²) in [5.74, 6) is -3.88. The number of carbonyl (C=O) groups is 1. The predicted molar refractivity (Wildman–Crippen MR) is 104 cm³/mol. The lowest BCUT2D eigenvalue weighted by Gasteiger charge is -2.11. The fraction of sp³-hybridized carbons (Fsp3) is 0.105. The van der Waals surface area contributed by atoms with Gasteiger partial charge in [-0.1, -0.05) is 23.7 Å². The highest BCUT2D eigenvalue weighted by Crippen LogP contribution is 2.28. The average molecular weight is 458 g/mol. The molecule has 1 heterocycles. The number of nitrogens with zero attached hydrogens (tertiary/aromatic N) is 2. The Morgan fingerprint density at radius 3 is 2.39 bits per heavy atom. The van der Waals surface area contributed by atoms with Gasteiger partial charge < -0.3 is 10.6 Å². The van der Waals surface area contributed by atoms with Crippen molar-refractivity contribution in [2.24, 2.45) is 4.99 Å². The van der Waals surface area contributed by atoms with Crippen LogP contribution in [0, 0.1) is 11.6 Å². The topological polar surface area (TPSA) is 82.2 Å². The maximum Gasteiger partial charge on any atom is 0.432 e. The van der Waals surface area contributed by atoms with Crippen LogP contribution < -0.4 is 10.6 Å². The summed E-state index contributed by atoms with van der Waals surface area (Å²) in [6, 6.07) is 9.74. The summed E-state index contributed by atoms with van der Waals surface area (Å²) in [7, 11) is 0. The van der Waals surface area contributed by atoms with E-state index in [1.165, 1.54) is 0 Å². The average Bonchev–Trinajstić information content (AvgIpc) is 3.18. The van der Waals surface area contributed by atoms with Crippen LogP contribution in [0.25, 0.3) is 0 Å². The van der Waals surface area contributed by atoms with Gasteiger partial charge in [-0.2, -0.15) is 23.3 Å². The molecule has 0 aliphatic heterocycles. The SMILES string of the molecule is O=C(/N=C(/NCc1ccc(Cl)cc1)Nc1cc(C(F)(F)F)[nH]n1)c1ccc(F)c(F)c1. The van der Waals surface area contributed by atoms with E-state index in [2.05, 4.69) is 20.7 Å². The molecule has 1 aromatic heterocycles. The van der Waals surface area contributed by atoms with Gasteiger partial charge in [0.2, 0.25) is 5.96 Å². The van der Waals surface area contributed by atoms with Gasteiger partial charge in [-0.3, -0.25) is 9.89 Å². The number of rotatable bonds is 4. The van der Waals surface area contributed by atoms with Crippen LogP contribution in [0.5, 0.6) is 0 Å². The molecule has 0 aliphatic rings. The van der Waals surface area contributed by atoms with E-state index in [1.807, 2.05) is 5.10 Å². The molecular weight excluding hydrogens is 445 g/mol. The number of aromatic amines is 1. The van der Waals surface area contributed by atoms with Gasteiger partial charge in [0.1, 0.15) is 5.69 Å². The highest BCUT2D eigenvalue weighted by atomic mass is 35.5. The molecule has 3 N–H and O–H groups in total. The maximum atomic E-state index is 13.4. The van der Waals surface area contributed by atoms with Crippen molar-refractivity contribution < 1.29 is 26.7 Å². The molecule has 0 bridgehead atoms. The fourth-order valence-electron chi connectivity index (χ4n) is 2.35. The van der Waals surface area contributed by atoms with Crippen LogP contribution >= 0.6 is 11.6 Å². The predicted octanol–water partition coefficient (Wildman–Crippen LogP) is 4.76. The standard InChI is InChI=1S/C19H13ClF5N5O/c20-12-4-1-10(2-5-12)9-26-18(27-16-8-15(29-30-16)19(23,24)25)28-17(31)11-3-6-13(21)14(22)7-11/h1-8H,9H2,(H3,26,27,28,29,30,31). The third-order valence-electron chi connectivity index (χ3n) is 3.88. The quantitative estimate of drug-likeness (QED) is 0.300. The van der Waals surface area contributed by atoms with Gasteiger partial charge >= 0.3 is 6.18 Å². The lowest BCUT2D eigenvalue weighted by Crippen LogP contribution is -2.31. The first-order valence-electron chi connectivity index (χ1n) is 8.58. The van der Waals surface area contributed by atoms with Crippen molar-refractivity contribution in [2.45, 2.75) is 12.7 Å². The Hall–Kier alpha value is -3.47. The molecule has 3 rings (SSSR count). The molecule has 12 heteroatoms. The molecule has 0 unspecified atom stereocenters. The lowest BCUT2D eigenvalue weighted by molar-refractivity contribution is -0.141. The third-order valence-corrected chi connectivity index (χ3v) is 4.13. The van der Waals surface area contributed by atoms with E-state index >= 15 is 0 Å². The molecule has 0 radical (unpaired) electrons. The Balaban J connectivity index is 1.84. The molecule has 162 valence electrons. The Labute approximate surface area is 177 Å². The molecule has 0 fully saturated rings. The fourth-order valence-corrected chi connectivity index (χ4v) is 2.47. The number of nitrogens with one attached hydrogen (secondary N) is 3. The molecule has 0 aliphatic carbocycles. The van der Waals surface area contributed by atoms with Crippen LogP contribution in [0.15, 0.2) is 53.5 Å². The first-order chi connectivity index (χ1) is 14.6. The summed E-state index contributed by atoms with van der Waals surface area (Å²) in [6.45, 7) is 0.116. The van der Waals surface area contributed by atoms with Crippen LogP contribution in [0.4, 0.5) is 27.8 Å². The number of anilines is 1. The van der Waals surface area contributed by atoms with Crippen LogP contribution in [-0.2, 0) is 12.7 Å². The largest absolute Gasteiger partial charge is 0.432 e. The van der Waals surface area contributed by atoms with Crippen molar-refractivity contribution >= 4 is 29.3 Å². The number of benzene rings is 2. The van der Waals surface area contributed by atoms with Gasteiger partial charge in [0.05, 0.1) is 0 Å². The number of aliphatic imine (C=N–C) groups is 1. The zero-order valence-corrected chi connectivity index (χ0v) is 16.2. The number of hydrogen-bond donors (Lipinski definition) is 3. The van der Waals surface area contributed by atoms with E-state index in [0.29, 0.717) is 17.2 Å². The van der Waals surface area contributed by atoms with Crippen molar-refractivity contribution in [3.8, 4) is 0 Å². The van der Waals surface area contributed by atoms with Crippen molar-refractivity contribution in [3.63, 3.8) is 0 Å². The second-order valence-corrected chi connectivity index (χ2v) is 6.60. The smallest absolute Gasteiger partial charge is 0.352 e. The van der Waals surface area contributed by atoms with Gasteiger partial charge in [0, 0.05) is 23.2 Å². The minimum Gasteiger partial charge on any atom is -0.352 e. The van der Waals surface area contributed by atoms with E-state index in [0.717, 1.165) is 17.7 Å². The molecule has 6 nitrogen and oxygen atoms in total. The normalized spacial score (nSPS) is 12.0. The molecule has 1 amide bonds. The monoisotopic (exact) mass is 457 g/mol. The molecule has 2 aromatic carbocycles. The summed E-state index contributed by atoms with van der Waals surface area (Å²) in [4.78, 5) is 16.1. The summed E-state index contributed by atoms with van der Waals surface area (Å²) >= 11 is 5.82. The number of carbonyl (C=O) groups excluding carboxylic acids is 1. The van der Waals surface area contributed by atoms with Gasteiger partial charge in [-0.25, -0.2) is 8.78 Å². The zero-order chi connectivity index (χ0) is 22.6. The minimum atomic E-state index is -4.65. The van der Waals surface area contributed by atoms with E-state index in [9.17, 15) is 26.7 Å². The van der Waals surface area contributed by atoms with Gasteiger partial charge in [0.25, 0.3) is 5.91 Å². The second kappa shape index (κ2) is 9.13. The van der Waals surface area contributed by atoms with Gasteiger partial charge in [-0.05, 0) is 35.9 Å². The summed E-state index contributed by atoms with van der Waals surface area (Å²) in [5.41, 5.74) is -0.652. The van der Waals surface area contributed by atoms with Crippen LogP contribution in [0.3, 0.4) is 0 Å². The first kappa shape index (κ1) is 22.2. The molecular formula is C19H13ClF5N5O. The van der Waals surface area contributed by atoms with E-state index < -0.39 is 29.4 Å². The zero-order valence-electron chi connectivity index (χ0n) is 15.4. The molecule has 3 aromatic rings. The van der Waals surface area contributed by atoms with E-state index in [1.54, 1.807) is 24.3 Å². The molecule has 0 saturated heterocycles. The van der Waals surface area contributed by atoms with Crippen molar-refractivity contribution in [1.29, 1.82) is 0 Å². The number of alkyl halides is 3. The number of halogens is 6. The van der Waals surface area contributed by atoms with Crippen molar-refractivity contribution in [2.75, 3.05) is 5.32 Å². The minimum absolute atomic E-state index is 0.116. The van der Waals surface area contributed by atoms with Crippen LogP contribution in [0.2, 0.25) is 5.02 Å². The lowest BCUT2D eigenvalue weighted by atomic mass is 10.2. The van der Waals surface area contributed by atoms with Crippen molar-refractivity contribution in [3.05, 3.63) is 82.0 Å². The first-order valence-corrected chi connectivity index (χ1v) is 8.95. The maximum absolute atomic E-state index is 13.4. The summed E-state index contributed by atoms with van der Waals surface area (Å²) in [5, 5.41) is 11.0. The molecule has 31 heavy (non-hydrogen) atoms. The number of hydrogen-bond acceptors (Lipinski definition) is 2. The van der Waals surface area contributed by atoms with Gasteiger partial charge in [-0.15, -0.1) is 0 Å². The van der Waals surface area contributed by atoms with Crippen molar-refractivity contribution in [1.82, 2.24) is 15.5 Å². The molecule has 0 saturated carbocycles. The number of guanidine groups is 1. The Morgan fingerprint density at radius 2 is 1.77 bits per heavy atom. The van der Waals surface area contributed by atoms with Crippen LogP contribution in [-0.4, -0.2) is 22.1 Å². The summed E-state index contributed by atoms with van der Waals surface area (Å²) in [6.07, 6.45) is -4.65. The third kappa shape index (κ3) is 6.01. The Kier molecular flexibility index (Phi) is 6.54. The second-order valence-electron chi connectivity index (χ2n) is 6.16. The summed E-state index contributed by atoms with van der Waals surface area (Å²) < 4.78 is 64.8. The number of aromatic nitrogens is 2. The molecule has 0 atom stereocenters. The number of H-pyrrole nitrogens is 1. The van der Waals surface area contributed by atoms with E-state index in [-0.39, 0.29) is 23.9 Å². The Bertz CT molecular complexity index is 1110. The van der Waals surface area contributed by atoms with E-state index in [4.69, 9.17) is 11.6 Å².